The van der Waals surface area contributed by atoms with Gasteiger partial charge in [-0.25, -0.2) is 8.78 Å². The van der Waals surface area contributed by atoms with Crippen molar-refractivity contribution in [3.8, 4) is 0 Å². The lowest BCUT2D eigenvalue weighted by molar-refractivity contribution is -0.457. The molecule has 0 aromatic carbocycles. The van der Waals surface area contributed by atoms with Crippen molar-refractivity contribution in [2.75, 3.05) is 0 Å². The Kier molecular flexibility index (Phi) is 4.39. The van der Waals surface area contributed by atoms with Gasteiger partial charge in [-0.15, -0.1) is 0 Å². The van der Waals surface area contributed by atoms with Gasteiger partial charge < -0.3 is 0 Å². The molecule has 0 amide bonds. The van der Waals surface area contributed by atoms with Crippen LogP contribution >= 0.6 is 0 Å². The summed E-state index contributed by atoms with van der Waals surface area (Å²) in [5, 5.41) is 0. The minimum atomic E-state index is -8.58. The van der Waals surface area contributed by atoms with Crippen molar-refractivity contribution in [2.45, 2.75) is 48.1 Å². The molecule has 0 spiro atoms. The number of hydrogen-bond donors (Lipinski definition) is 0. The van der Waals surface area contributed by atoms with Crippen molar-refractivity contribution in [1.82, 2.24) is 0 Å². The zero-order valence-electron chi connectivity index (χ0n) is 11.0. The largest absolute Gasteiger partial charge is 0.412 e. The summed E-state index contributed by atoms with van der Waals surface area (Å²) < 4.78 is 219. The molecule has 156 valence electrons. The molecule has 0 aliphatic heterocycles. The van der Waals surface area contributed by atoms with Crippen LogP contribution < -0.4 is 0 Å². The Morgan fingerprint density at radius 3 is 0.962 bits per heavy atom. The highest BCUT2D eigenvalue weighted by molar-refractivity contribution is 5.32. The van der Waals surface area contributed by atoms with Crippen molar-refractivity contribution in [3.05, 3.63) is 0 Å². The highest BCUT2D eigenvalue weighted by atomic mass is 19.4. The quantitative estimate of drug-likeness (QED) is 0.508. The Labute approximate surface area is 129 Å². The van der Waals surface area contributed by atoms with Gasteiger partial charge in [0.1, 0.15) is 0 Å². The van der Waals surface area contributed by atoms with Gasteiger partial charge >= 0.3 is 48.1 Å². The Morgan fingerprint density at radius 1 is 0.500 bits per heavy atom. The fraction of sp³-hybridized carbons (Fsp3) is 1.00. The molecular weight excluding hydrogens is 431 g/mol. The average Bonchev–Trinajstić information content (AvgIpc) is 2.40. The van der Waals surface area contributed by atoms with Crippen molar-refractivity contribution in [3.63, 3.8) is 0 Å². The van der Waals surface area contributed by atoms with E-state index in [-0.39, 0.29) is 0 Å². The Balaban J connectivity index is 4.23. The van der Waals surface area contributed by atoms with Gasteiger partial charge in [0.2, 0.25) is 0 Å². The van der Waals surface area contributed by atoms with Gasteiger partial charge in [-0.3, -0.25) is 0 Å². The Bertz CT molecular complexity index is 539. The molecule has 1 fully saturated rings. The van der Waals surface area contributed by atoms with Crippen LogP contribution in [-0.4, -0.2) is 48.1 Å². The molecule has 1 saturated carbocycles. The van der Waals surface area contributed by atoms with Crippen LogP contribution in [0.25, 0.3) is 0 Å². The third-order valence-electron chi connectivity index (χ3n) is 3.71. The molecule has 0 N–H and O–H groups in total. The summed E-state index contributed by atoms with van der Waals surface area (Å²) in [5.74, 6) is -48.9. The normalized spacial score (nSPS) is 27.0. The van der Waals surface area contributed by atoms with E-state index >= 15 is 0 Å². The fourth-order valence-electron chi connectivity index (χ4n) is 2.38. The zero-order valence-corrected chi connectivity index (χ0v) is 11.0. The molecular formula is C9HF17. The summed E-state index contributed by atoms with van der Waals surface area (Å²) >= 11 is 0. The van der Waals surface area contributed by atoms with Gasteiger partial charge in [0.15, 0.2) is 0 Å². The standard InChI is InChI=1S/C9HF17/c10-1(11)2(12,13)4(14,15)3(9(24,25)26)5(16,17)7(20,21)8(22,23)6(3,18)19/h1H. The lowest BCUT2D eigenvalue weighted by atomic mass is 9.70. The van der Waals surface area contributed by atoms with Crippen LogP contribution in [0, 0.1) is 5.41 Å². The van der Waals surface area contributed by atoms with Gasteiger partial charge in [-0.05, 0) is 0 Å². The lowest BCUT2D eigenvalue weighted by Crippen LogP contribution is -2.74. The number of halogens is 17. The first-order valence-corrected chi connectivity index (χ1v) is 5.56. The smallest absolute Gasteiger partial charge is 0.203 e. The van der Waals surface area contributed by atoms with Crippen LogP contribution in [0.3, 0.4) is 0 Å². The van der Waals surface area contributed by atoms with E-state index in [4.69, 9.17) is 0 Å². The van der Waals surface area contributed by atoms with Crippen molar-refractivity contribution in [2.24, 2.45) is 5.41 Å². The van der Waals surface area contributed by atoms with Gasteiger partial charge in [0.05, 0.1) is 0 Å². The van der Waals surface area contributed by atoms with Crippen LogP contribution in [0.4, 0.5) is 74.6 Å². The molecule has 17 heteroatoms. The molecule has 0 atom stereocenters. The predicted octanol–water partition coefficient (Wildman–Crippen LogP) is 5.63. The SMILES string of the molecule is FC(F)C(F)(F)C(F)(F)C1(C(F)(F)F)C(F)(F)C(F)(F)C(F)(F)C1(F)F. The van der Waals surface area contributed by atoms with Gasteiger partial charge in [0, 0.05) is 0 Å². The molecule has 26 heavy (non-hydrogen) atoms. The van der Waals surface area contributed by atoms with Gasteiger partial charge in [-0.2, -0.15) is 65.9 Å². The van der Waals surface area contributed by atoms with Crippen LogP contribution in [0.5, 0.6) is 0 Å². The van der Waals surface area contributed by atoms with Crippen LogP contribution in [0.2, 0.25) is 0 Å². The van der Waals surface area contributed by atoms with Crippen LogP contribution in [0.1, 0.15) is 0 Å². The highest BCUT2D eigenvalue weighted by Crippen LogP contribution is 2.80. The number of alkyl halides is 17. The van der Waals surface area contributed by atoms with E-state index in [2.05, 4.69) is 0 Å². The van der Waals surface area contributed by atoms with Gasteiger partial charge in [-0.1, -0.05) is 0 Å². The molecule has 0 heterocycles. The molecule has 1 rings (SSSR count). The van der Waals surface area contributed by atoms with E-state index in [1.54, 1.807) is 0 Å². The maximum atomic E-state index is 13.4. The van der Waals surface area contributed by atoms with Crippen LogP contribution in [0.15, 0.2) is 0 Å². The van der Waals surface area contributed by atoms with Crippen LogP contribution in [-0.2, 0) is 0 Å². The monoisotopic (exact) mass is 432 g/mol. The van der Waals surface area contributed by atoms with E-state index in [0.717, 1.165) is 0 Å². The minimum Gasteiger partial charge on any atom is -0.203 e. The second-order valence-electron chi connectivity index (χ2n) is 5.04. The molecule has 0 bridgehead atoms. The summed E-state index contributed by atoms with van der Waals surface area (Å²) in [4.78, 5) is 0. The Hall–Kier alpha value is -1.19. The molecule has 0 nitrogen and oxygen atoms in total. The summed E-state index contributed by atoms with van der Waals surface area (Å²) in [6, 6.07) is 0. The first kappa shape index (κ1) is 22.9. The summed E-state index contributed by atoms with van der Waals surface area (Å²) in [6.45, 7) is 0. The van der Waals surface area contributed by atoms with Crippen molar-refractivity contribution >= 4 is 0 Å². The highest BCUT2D eigenvalue weighted by Gasteiger charge is 3.11. The summed E-state index contributed by atoms with van der Waals surface area (Å²) in [5.41, 5.74) is -8.58. The van der Waals surface area contributed by atoms with E-state index in [1.807, 2.05) is 0 Å². The first-order chi connectivity index (χ1) is 10.9. The molecule has 1 aliphatic rings. The van der Waals surface area contributed by atoms with E-state index < -0.39 is 53.6 Å². The van der Waals surface area contributed by atoms with E-state index in [9.17, 15) is 74.6 Å². The van der Waals surface area contributed by atoms with Gasteiger partial charge in [0.25, 0.3) is 5.41 Å². The second-order valence-corrected chi connectivity index (χ2v) is 5.04. The topological polar surface area (TPSA) is 0 Å². The van der Waals surface area contributed by atoms with E-state index in [1.165, 1.54) is 0 Å². The third-order valence-corrected chi connectivity index (χ3v) is 3.71. The van der Waals surface area contributed by atoms with E-state index in [0.29, 0.717) is 0 Å². The minimum absolute atomic E-state index is 6.11. The maximum Gasteiger partial charge on any atom is 0.412 e. The molecule has 0 aromatic rings. The third kappa shape index (κ3) is 1.84. The number of rotatable bonds is 3. The zero-order chi connectivity index (χ0) is 21.6. The predicted molar refractivity (Wildman–Crippen MR) is 44.2 cm³/mol. The molecule has 1 aliphatic carbocycles. The summed E-state index contributed by atoms with van der Waals surface area (Å²) in [6.07, 6.45) is -14.4. The lowest BCUT2D eigenvalue weighted by Gasteiger charge is -2.46. The fourth-order valence-corrected chi connectivity index (χ4v) is 2.38. The summed E-state index contributed by atoms with van der Waals surface area (Å²) in [7, 11) is 0. The molecule has 0 unspecified atom stereocenters. The molecule has 0 radical (unpaired) electrons. The second kappa shape index (κ2) is 4.99. The van der Waals surface area contributed by atoms with Crippen molar-refractivity contribution < 1.29 is 74.6 Å². The molecule has 0 saturated heterocycles. The Morgan fingerprint density at radius 2 is 0.769 bits per heavy atom. The average molecular weight is 432 g/mol. The maximum absolute atomic E-state index is 13.4. The number of hydrogen-bond acceptors (Lipinski definition) is 0. The first-order valence-electron chi connectivity index (χ1n) is 5.56. The molecule has 0 aromatic heterocycles. The van der Waals surface area contributed by atoms with Crippen molar-refractivity contribution in [1.29, 1.82) is 0 Å².